The van der Waals surface area contributed by atoms with Crippen LogP contribution in [0.3, 0.4) is 0 Å². The summed E-state index contributed by atoms with van der Waals surface area (Å²) in [6, 6.07) is 3.37. The van der Waals surface area contributed by atoms with Gasteiger partial charge in [-0.25, -0.2) is 8.78 Å². The molecule has 24 heavy (non-hydrogen) atoms. The van der Waals surface area contributed by atoms with E-state index in [9.17, 15) is 13.6 Å². The molecular formula is C17H24F2N4O. The number of halogens is 2. The molecule has 1 aromatic heterocycles. The maximum absolute atomic E-state index is 13.8. The zero-order valence-corrected chi connectivity index (χ0v) is 14.4. The summed E-state index contributed by atoms with van der Waals surface area (Å²) in [6.07, 6.45) is 1.56. The van der Waals surface area contributed by atoms with Crippen molar-refractivity contribution in [1.29, 1.82) is 0 Å². The first-order valence-corrected chi connectivity index (χ1v) is 8.26. The largest absolute Gasteiger partial charge is 0.335 e. The van der Waals surface area contributed by atoms with Crippen LogP contribution in [0.25, 0.3) is 0 Å². The number of rotatable bonds is 4. The van der Waals surface area contributed by atoms with Gasteiger partial charge in [-0.1, -0.05) is 0 Å². The third-order valence-electron chi connectivity index (χ3n) is 4.85. The zero-order valence-electron chi connectivity index (χ0n) is 14.4. The molecule has 2 fully saturated rings. The van der Waals surface area contributed by atoms with Crippen LogP contribution < -0.4 is 0 Å². The molecule has 0 saturated carbocycles. The standard InChI is InChI=1S/C17H24F2N4O/c1-12-15(5-4-6-20-12)16(24)22-9-14(10-22)23-11-17(18,19)7-13(23)8-21(2)3/h4-6,13-14H,7-11H2,1-3H3/t13-/m0/s1. The Kier molecular flexibility index (Phi) is 4.57. The first-order valence-electron chi connectivity index (χ1n) is 8.26. The number of carbonyl (C=O) groups is 1. The van der Waals surface area contributed by atoms with Crippen molar-refractivity contribution < 1.29 is 13.6 Å². The Bertz CT molecular complexity index is 616. The first kappa shape index (κ1) is 17.2. The van der Waals surface area contributed by atoms with Gasteiger partial charge in [-0.3, -0.25) is 14.7 Å². The van der Waals surface area contributed by atoms with E-state index >= 15 is 0 Å². The van der Waals surface area contributed by atoms with E-state index in [4.69, 9.17) is 0 Å². The molecule has 1 aromatic rings. The van der Waals surface area contributed by atoms with Crippen LogP contribution in [0.2, 0.25) is 0 Å². The van der Waals surface area contributed by atoms with Gasteiger partial charge < -0.3 is 9.80 Å². The Balaban J connectivity index is 1.63. The molecule has 1 atom stereocenters. The number of aromatic nitrogens is 1. The van der Waals surface area contributed by atoms with Crippen LogP contribution in [0.4, 0.5) is 8.78 Å². The summed E-state index contributed by atoms with van der Waals surface area (Å²) < 4.78 is 27.7. The maximum Gasteiger partial charge on any atom is 0.262 e. The fraction of sp³-hybridized carbons (Fsp3) is 0.647. The highest BCUT2D eigenvalue weighted by atomic mass is 19.3. The molecule has 2 aliphatic heterocycles. The average molecular weight is 338 g/mol. The summed E-state index contributed by atoms with van der Waals surface area (Å²) in [5, 5.41) is 0. The van der Waals surface area contributed by atoms with Crippen LogP contribution >= 0.6 is 0 Å². The molecule has 2 saturated heterocycles. The van der Waals surface area contributed by atoms with E-state index in [0.717, 1.165) is 0 Å². The van der Waals surface area contributed by atoms with Gasteiger partial charge >= 0.3 is 0 Å². The van der Waals surface area contributed by atoms with Crippen molar-refractivity contribution >= 4 is 5.91 Å². The summed E-state index contributed by atoms with van der Waals surface area (Å²) >= 11 is 0. The van der Waals surface area contributed by atoms with Crippen molar-refractivity contribution in [2.24, 2.45) is 0 Å². The van der Waals surface area contributed by atoms with E-state index in [2.05, 4.69) is 4.98 Å². The Morgan fingerprint density at radius 1 is 1.42 bits per heavy atom. The first-order chi connectivity index (χ1) is 11.3. The summed E-state index contributed by atoms with van der Waals surface area (Å²) in [5.74, 6) is -2.70. The van der Waals surface area contributed by atoms with Crippen molar-refractivity contribution in [1.82, 2.24) is 19.7 Å². The molecule has 0 N–H and O–H groups in total. The topological polar surface area (TPSA) is 39.7 Å². The van der Waals surface area contributed by atoms with Crippen molar-refractivity contribution in [3.63, 3.8) is 0 Å². The van der Waals surface area contributed by atoms with Gasteiger partial charge in [0.1, 0.15) is 0 Å². The van der Waals surface area contributed by atoms with E-state index in [1.54, 1.807) is 30.2 Å². The second-order valence-corrected chi connectivity index (χ2v) is 7.15. The molecule has 0 aromatic carbocycles. The number of nitrogens with zero attached hydrogens (tertiary/aromatic N) is 4. The van der Waals surface area contributed by atoms with Crippen LogP contribution in [0.5, 0.6) is 0 Å². The fourth-order valence-corrected chi connectivity index (χ4v) is 3.65. The Labute approximate surface area is 141 Å². The van der Waals surface area contributed by atoms with Crippen LogP contribution in [0, 0.1) is 6.92 Å². The lowest BCUT2D eigenvalue weighted by Gasteiger charge is -2.46. The van der Waals surface area contributed by atoms with Crippen molar-refractivity contribution in [3.05, 3.63) is 29.6 Å². The number of amides is 1. The lowest BCUT2D eigenvalue weighted by atomic mass is 10.0. The highest BCUT2D eigenvalue weighted by Crippen LogP contribution is 2.35. The number of hydrogen-bond donors (Lipinski definition) is 0. The highest BCUT2D eigenvalue weighted by molar-refractivity contribution is 5.95. The Hall–Kier alpha value is -1.60. The second-order valence-electron chi connectivity index (χ2n) is 7.15. The van der Waals surface area contributed by atoms with Crippen LogP contribution in [0.1, 0.15) is 22.5 Å². The minimum Gasteiger partial charge on any atom is -0.335 e. The Morgan fingerprint density at radius 2 is 2.12 bits per heavy atom. The van der Waals surface area contributed by atoms with Crippen LogP contribution in [-0.2, 0) is 0 Å². The minimum atomic E-state index is -2.63. The smallest absolute Gasteiger partial charge is 0.262 e. The molecule has 2 aliphatic rings. The van der Waals surface area contributed by atoms with E-state index in [1.807, 2.05) is 23.9 Å². The van der Waals surface area contributed by atoms with Gasteiger partial charge in [0.25, 0.3) is 11.8 Å². The van der Waals surface area contributed by atoms with Crippen molar-refractivity contribution in [3.8, 4) is 0 Å². The van der Waals surface area contributed by atoms with Gasteiger partial charge in [-0.05, 0) is 33.2 Å². The number of pyridine rings is 1. The molecule has 1 amide bonds. The number of aryl methyl sites for hydroxylation is 1. The van der Waals surface area contributed by atoms with Crippen molar-refractivity contribution in [2.75, 3.05) is 40.3 Å². The summed E-state index contributed by atoms with van der Waals surface area (Å²) in [4.78, 5) is 22.2. The molecule has 3 rings (SSSR count). The van der Waals surface area contributed by atoms with Gasteiger partial charge in [0.15, 0.2) is 0 Å². The van der Waals surface area contributed by atoms with E-state index < -0.39 is 5.92 Å². The molecule has 7 heteroatoms. The highest BCUT2D eigenvalue weighted by Gasteiger charge is 2.50. The maximum atomic E-state index is 13.8. The SMILES string of the molecule is Cc1ncccc1C(=O)N1CC(N2CC(F)(F)C[C@H]2CN(C)C)C1. The molecular weight excluding hydrogens is 314 g/mol. The molecule has 0 spiro atoms. The molecule has 3 heterocycles. The van der Waals surface area contributed by atoms with Crippen LogP contribution in [0.15, 0.2) is 18.3 Å². The quantitative estimate of drug-likeness (QED) is 0.834. The van der Waals surface area contributed by atoms with Gasteiger partial charge in [-0.15, -0.1) is 0 Å². The molecule has 0 bridgehead atoms. The van der Waals surface area contributed by atoms with Crippen molar-refractivity contribution in [2.45, 2.75) is 31.4 Å². The van der Waals surface area contributed by atoms with E-state index in [1.165, 1.54) is 0 Å². The molecule has 132 valence electrons. The Morgan fingerprint density at radius 3 is 2.75 bits per heavy atom. The predicted molar refractivity (Wildman–Crippen MR) is 87.3 cm³/mol. The third kappa shape index (κ3) is 3.42. The zero-order chi connectivity index (χ0) is 17.5. The summed E-state index contributed by atoms with van der Waals surface area (Å²) in [7, 11) is 3.80. The normalized spacial score (nSPS) is 24.4. The van der Waals surface area contributed by atoms with E-state index in [-0.39, 0.29) is 31.0 Å². The van der Waals surface area contributed by atoms with Crippen LogP contribution in [-0.4, -0.2) is 83.9 Å². The molecule has 0 aliphatic carbocycles. The third-order valence-corrected chi connectivity index (χ3v) is 4.85. The average Bonchev–Trinajstić information content (AvgIpc) is 2.71. The van der Waals surface area contributed by atoms with E-state index in [0.29, 0.717) is 30.9 Å². The molecule has 0 unspecified atom stereocenters. The monoisotopic (exact) mass is 338 g/mol. The summed E-state index contributed by atoms with van der Waals surface area (Å²) in [5.41, 5.74) is 1.29. The second kappa shape index (κ2) is 6.37. The minimum absolute atomic E-state index is 0.0178. The predicted octanol–water partition coefficient (Wildman–Crippen LogP) is 1.49. The fourth-order valence-electron chi connectivity index (χ4n) is 3.65. The van der Waals surface area contributed by atoms with Gasteiger partial charge in [0.2, 0.25) is 0 Å². The lowest BCUT2D eigenvalue weighted by Crippen LogP contribution is -2.63. The number of hydrogen-bond acceptors (Lipinski definition) is 4. The number of likely N-dealkylation sites (N-methyl/N-ethyl adjacent to an activating group) is 1. The number of alkyl halides is 2. The molecule has 0 radical (unpaired) electrons. The van der Waals surface area contributed by atoms with Gasteiger partial charge in [0.05, 0.1) is 12.1 Å². The number of likely N-dealkylation sites (tertiary alicyclic amines) is 2. The lowest BCUT2D eigenvalue weighted by molar-refractivity contribution is -0.0115. The van der Waals surface area contributed by atoms with Gasteiger partial charge in [0, 0.05) is 50.0 Å². The van der Waals surface area contributed by atoms with Gasteiger partial charge in [-0.2, -0.15) is 0 Å². The number of carbonyl (C=O) groups excluding carboxylic acids is 1. The molecule has 5 nitrogen and oxygen atoms in total. The summed E-state index contributed by atoms with van der Waals surface area (Å²) in [6.45, 7) is 3.23.